The first-order valence-corrected chi connectivity index (χ1v) is 5.55. The van der Waals surface area contributed by atoms with Gasteiger partial charge < -0.3 is 10.2 Å². The Morgan fingerprint density at radius 2 is 2.12 bits per heavy atom. The number of nitrogens with zero attached hydrogens (tertiary/aromatic N) is 2. The standard InChI is InChI=1S/C12H18N4/c1-16(2)8-7-13-9-12-10-5-3-4-6-11(10)14-15-12/h3-6,13H,7-9H2,1-2H3,(H,14,15). The van der Waals surface area contributed by atoms with Crippen LogP contribution in [0.15, 0.2) is 24.3 Å². The summed E-state index contributed by atoms with van der Waals surface area (Å²) in [7, 11) is 4.15. The molecule has 0 amide bonds. The lowest BCUT2D eigenvalue weighted by Crippen LogP contribution is -2.26. The summed E-state index contributed by atoms with van der Waals surface area (Å²) in [5.74, 6) is 0. The Kier molecular flexibility index (Phi) is 3.54. The molecule has 1 aromatic heterocycles. The van der Waals surface area contributed by atoms with Crippen LogP contribution >= 0.6 is 0 Å². The molecule has 86 valence electrons. The largest absolute Gasteiger partial charge is 0.310 e. The number of hydrogen-bond acceptors (Lipinski definition) is 3. The second kappa shape index (κ2) is 5.09. The molecule has 2 N–H and O–H groups in total. The number of fused-ring (bicyclic) bond motifs is 1. The SMILES string of the molecule is CN(C)CCNCc1[nH]nc2ccccc12. The van der Waals surface area contributed by atoms with E-state index in [1.807, 2.05) is 18.2 Å². The maximum Gasteiger partial charge on any atom is 0.0924 e. The molecule has 4 nitrogen and oxygen atoms in total. The van der Waals surface area contributed by atoms with Crippen molar-refractivity contribution in [2.45, 2.75) is 6.54 Å². The molecule has 0 saturated heterocycles. The van der Waals surface area contributed by atoms with Gasteiger partial charge in [-0.05, 0) is 20.2 Å². The van der Waals surface area contributed by atoms with Gasteiger partial charge in [0.1, 0.15) is 0 Å². The Balaban J connectivity index is 1.94. The summed E-state index contributed by atoms with van der Waals surface area (Å²) in [4.78, 5) is 2.16. The summed E-state index contributed by atoms with van der Waals surface area (Å²) in [6.07, 6.45) is 0. The average molecular weight is 218 g/mol. The highest BCUT2D eigenvalue weighted by atomic mass is 15.1. The molecule has 4 heteroatoms. The monoisotopic (exact) mass is 218 g/mol. The predicted molar refractivity (Wildman–Crippen MR) is 66.4 cm³/mol. The van der Waals surface area contributed by atoms with Gasteiger partial charge >= 0.3 is 0 Å². The first kappa shape index (κ1) is 11.1. The number of nitrogens with one attached hydrogen (secondary N) is 2. The van der Waals surface area contributed by atoms with Crippen LogP contribution < -0.4 is 5.32 Å². The maximum absolute atomic E-state index is 4.26. The van der Waals surface area contributed by atoms with Crippen molar-refractivity contribution in [2.24, 2.45) is 0 Å². The molecule has 0 bridgehead atoms. The maximum atomic E-state index is 4.26. The van der Waals surface area contributed by atoms with E-state index < -0.39 is 0 Å². The van der Waals surface area contributed by atoms with Gasteiger partial charge in [-0.2, -0.15) is 5.10 Å². The van der Waals surface area contributed by atoms with Crippen LogP contribution in [-0.2, 0) is 6.54 Å². The Morgan fingerprint density at radius 1 is 1.31 bits per heavy atom. The molecule has 0 aliphatic carbocycles. The molecule has 0 aliphatic rings. The first-order chi connectivity index (χ1) is 7.77. The van der Waals surface area contributed by atoms with E-state index in [2.05, 4.69) is 40.6 Å². The molecule has 0 spiro atoms. The second-order valence-electron chi connectivity index (χ2n) is 4.20. The van der Waals surface area contributed by atoms with Crippen molar-refractivity contribution in [2.75, 3.05) is 27.2 Å². The zero-order valence-corrected chi connectivity index (χ0v) is 9.83. The molecule has 0 unspecified atom stereocenters. The van der Waals surface area contributed by atoms with E-state index in [0.29, 0.717) is 0 Å². The molecule has 0 radical (unpaired) electrons. The quantitative estimate of drug-likeness (QED) is 0.741. The summed E-state index contributed by atoms with van der Waals surface area (Å²) in [6, 6.07) is 8.17. The van der Waals surface area contributed by atoms with Crippen LogP contribution in [0.1, 0.15) is 5.69 Å². The molecular formula is C12H18N4. The third-order valence-electron chi connectivity index (χ3n) is 2.58. The van der Waals surface area contributed by atoms with Gasteiger partial charge in [-0.1, -0.05) is 18.2 Å². The molecule has 2 rings (SSSR count). The van der Waals surface area contributed by atoms with Gasteiger partial charge in [-0.15, -0.1) is 0 Å². The average Bonchev–Trinajstić information content (AvgIpc) is 2.68. The summed E-state index contributed by atoms with van der Waals surface area (Å²) >= 11 is 0. The van der Waals surface area contributed by atoms with Gasteiger partial charge in [0.2, 0.25) is 0 Å². The van der Waals surface area contributed by atoms with Crippen LogP contribution in [-0.4, -0.2) is 42.3 Å². The van der Waals surface area contributed by atoms with E-state index in [9.17, 15) is 0 Å². The summed E-state index contributed by atoms with van der Waals surface area (Å²) in [6.45, 7) is 2.88. The first-order valence-electron chi connectivity index (χ1n) is 5.55. The number of aromatic nitrogens is 2. The van der Waals surface area contributed by atoms with Gasteiger partial charge in [0, 0.05) is 25.0 Å². The molecule has 0 saturated carbocycles. The molecular weight excluding hydrogens is 200 g/mol. The molecule has 1 heterocycles. The predicted octanol–water partition coefficient (Wildman–Crippen LogP) is 1.21. The molecule has 1 aromatic carbocycles. The van der Waals surface area contributed by atoms with E-state index >= 15 is 0 Å². The molecule has 0 aliphatic heterocycles. The van der Waals surface area contributed by atoms with Gasteiger partial charge in [0.25, 0.3) is 0 Å². The van der Waals surface area contributed by atoms with Gasteiger partial charge in [-0.25, -0.2) is 0 Å². The Bertz CT molecular complexity index is 447. The second-order valence-corrected chi connectivity index (χ2v) is 4.20. The number of aromatic amines is 1. The molecule has 16 heavy (non-hydrogen) atoms. The van der Waals surface area contributed by atoms with Gasteiger partial charge in [0.15, 0.2) is 0 Å². The number of likely N-dealkylation sites (N-methyl/N-ethyl adjacent to an activating group) is 1. The lowest BCUT2D eigenvalue weighted by atomic mass is 10.2. The zero-order valence-electron chi connectivity index (χ0n) is 9.83. The molecule has 0 atom stereocenters. The van der Waals surface area contributed by atoms with Crippen LogP contribution in [0, 0.1) is 0 Å². The van der Waals surface area contributed by atoms with Crippen molar-refractivity contribution >= 4 is 10.9 Å². The van der Waals surface area contributed by atoms with Crippen molar-refractivity contribution in [1.82, 2.24) is 20.4 Å². The van der Waals surface area contributed by atoms with Crippen molar-refractivity contribution in [3.05, 3.63) is 30.0 Å². The fourth-order valence-electron chi connectivity index (χ4n) is 1.67. The number of rotatable bonds is 5. The highest BCUT2D eigenvalue weighted by Gasteiger charge is 2.02. The lowest BCUT2D eigenvalue weighted by molar-refractivity contribution is 0.399. The highest BCUT2D eigenvalue weighted by Crippen LogP contribution is 2.14. The minimum absolute atomic E-state index is 0.842. The van der Waals surface area contributed by atoms with Crippen LogP contribution in [0.3, 0.4) is 0 Å². The number of H-pyrrole nitrogens is 1. The fraction of sp³-hybridized carbons (Fsp3) is 0.417. The van der Waals surface area contributed by atoms with Crippen LogP contribution in [0.2, 0.25) is 0 Å². The summed E-state index contributed by atoms with van der Waals surface area (Å²) in [5.41, 5.74) is 2.20. The minimum atomic E-state index is 0.842. The lowest BCUT2D eigenvalue weighted by Gasteiger charge is -2.09. The Morgan fingerprint density at radius 3 is 2.94 bits per heavy atom. The van der Waals surface area contributed by atoms with Gasteiger partial charge in [0.05, 0.1) is 11.2 Å². The topological polar surface area (TPSA) is 44.0 Å². The normalized spacial score (nSPS) is 11.4. The van der Waals surface area contributed by atoms with Crippen molar-refractivity contribution in [1.29, 1.82) is 0 Å². The smallest absolute Gasteiger partial charge is 0.0924 e. The summed E-state index contributed by atoms with van der Waals surface area (Å²) < 4.78 is 0. The van der Waals surface area contributed by atoms with Crippen LogP contribution in [0.4, 0.5) is 0 Å². The highest BCUT2D eigenvalue weighted by molar-refractivity contribution is 5.80. The zero-order chi connectivity index (χ0) is 11.4. The van der Waals surface area contributed by atoms with Crippen molar-refractivity contribution in [3.63, 3.8) is 0 Å². The van der Waals surface area contributed by atoms with E-state index in [-0.39, 0.29) is 0 Å². The van der Waals surface area contributed by atoms with Gasteiger partial charge in [-0.3, -0.25) is 5.10 Å². The molecule has 2 aromatic rings. The van der Waals surface area contributed by atoms with E-state index in [4.69, 9.17) is 0 Å². The fourth-order valence-corrected chi connectivity index (χ4v) is 1.67. The third kappa shape index (κ3) is 2.59. The Hall–Kier alpha value is -1.39. The van der Waals surface area contributed by atoms with E-state index in [1.165, 1.54) is 5.39 Å². The van der Waals surface area contributed by atoms with E-state index in [1.54, 1.807) is 0 Å². The van der Waals surface area contributed by atoms with Crippen LogP contribution in [0.5, 0.6) is 0 Å². The number of para-hydroxylation sites is 1. The number of benzene rings is 1. The minimum Gasteiger partial charge on any atom is -0.310 e. The third-order valence-corrected chi connectivity index (χ3v) is 2.58. The van der Waals surface area contributed by atoms with E-state index in [0.717, 1.165) is 30.8 Å². The van der Waals surface area contributed by atoms with Crippen molar-refractivity contribution < 1.29 is 0 Å². The molecule has 0 fully saturated rings. The number of hydrogen-bond donors (Lipinski definition) is 2. The Labute approximate surface area is 95.6 Å². The van der Waals surface area contributed by atoms with Crippen LogP contribution in [0.25, 0.3) is 10.9 Å². The van der Waals surface area contributed by atoms with Crippen molar-refractivity contribution in [3.8, 4) is 0 Å². The summed E-state index contributed by atoms with van der Waals surface area (Å²) in [5, 5.41) is 11.9.